The summed E-state index contributed by atoms with van der Waals surface area (Å²) in [5, 5.41) is 10.8. The third-order valence-corrected chi connectivity index (χ3v) is 5.78. The van der Waals surface area contributed by atoms with Crippen molar-refractivity contribution in [2.24, 2.45) is 0 Å². The van der Waals surface area contributed by atoms with E-state index in [0.29, 0.717) is 31.1 Å². The number of para-hydroxylation sites is 1. The van der Waals surface area contributed by atoms with Gasteiger partial charge in [-0.05, 0) is 44.0 Å². The van der Waals surface area contributed by atoms with Gasteiger partial charge in [0.05, 0.1) is 11.5 Å². The molecule has 0 spiro atoms. The minimum Gasteiger partial charge on any atom is -0.465 e. The topological polar surface area (TPSA) is 91.1 Å². The van der Waals surface area contributed by atoms with Gasteiger partial charge in [-0.25, -0.2) is 4.67 Å². The van der Waals surface area contributed by atoms with Crippen LogP contribution in [0.25, 0.3) is 0 Å². The summed E-state index contributed by atoms with van der Waals surface area (Å²) in [4.78, 5) is 22.7. The van der Waals surface area contributed by atoms with Crippen LogP contribution < -0.4 is 9.05 Å². The van der Waals surface area contributed by atoms with Crippen molar-refractivity contribution in [2.75, 3.05) is 13.2 Å². The summed E-state index contributed by atoms with van der Waals surface area (Å²) in [7, 11) is -1.66. The molecule has 0 saturated carbocycles. The number of carbonyl (C=O) groups excluding carboxylic acids is 1. The lowest BCUT2D eigenvalue weighted by atomic mass is 10.2. The van der Waals surface area contributed by atoms with Crippen molar-refractivity contribution in [1.29, 1.82) is 0 Å². The van der Waals surface area contributed by atoms with Gasteiger partial charge < -0.3 is 13.8 Å². The van der Waals surface area contributed by atoms with Crippen LogP contribution >= 0.6 is 8.53 Å². The molecule has 1 aliphatic rings. The maximum Gasteiger partial charge on any atom is 0.385 e. The minimum absolute atomic E-state index is 0.0220. The Morgan fingerprint density at radius 1 is 1.14 bits per heavy atom. The van der Waals surface area contributed by atoms with E-state index in [0.717, 1.165) is 6.42 Å². The molecule has 0 bridgehead atoms. The van der Waals surface area contributed by atoms with Gasteiger partial charge in [0.15, 0.2) is 0 Å². The average Bonchev–Trinajstić information content (AvgIpc) is 3.19. The Morgan fingerprint density at radius 2 is 1.79 bits per heavy atom. The molecule has 9 heteroatoms. The number of non-ortho nitro benzene ring substituents is 1. The van der Waals surface area contributed by atoms with E-state index in [1.54, 1.807) is 6.92 Å². The highest BCUT2D eigenvalue weighted by molar-refractivity contribution is 7.45. The van der Waals surface area contributed by atoms with Crippen LogP contribution in [0.15, 0.2) is 54.6 Å². The number of hydrogen-bond donors (Lipinski definition) is 0. The standard InChI is InChI=1S/C19H21N2O6P/c1-2-25-19(22)18-9-6-14-20(18)28(26-16-7-4-3-5-8-16)27-17-12-10-15(11-13-17)21(23)24/h3-5,7-8,10-13,18H,2,6,9,14H2,1H3. The van der Waals surface area contributed by atoms with Crippen LogP contribution in [0.3, 0.4) is 0 Å². The van der Waals surface area contributed by atoms with E-state index in [1.165, 1.54) is 24.3 Å². The zero-order valence-electron chi connectivity index (χ0n) is 15.4. The molecular weight excluding hydrogens is 383 g/mol. The highest BCUT2D eigenvalue weighted by atomic mass is 31.2. The molecule has 1 heterocycles. The van der Waals surface area contributed by atoms with E-state index in [9.17, 15) is 14.9 Å². The van der Waals surface area contributed by atoms with Crippen molar-refractivity contribution >= 4 is 20.2 Å². The highest BCUT2D eigenvalue weighted by Crippen LogP contribution is 2.48. The Morgan fingerprint density at radius 3 is 2.39 bits per heavy atom. The molecule has 2 unspecified atom stereocenters. The van der Waals surface area contributed by atoms with Crippen molar-refractivity contribution in [3.05, 3.63) is 64.7 Å². The predicted molar refractivity (Wildman–Crippen MR) is 104 cm³/mol. The number of hydrogen-bond acceptors (Lipinski definition) is 7. The molecule has 148 valence electrons. The summed E-state index contributed by atoms with van der Waals surface area (Å²) in [6, 6.07) is 14.6. The summed E-state index contributed by atoms with van der Waals surface area (Å²) >= 11 is 0. The highest BCUT2D eigenvalue weighted by Gasteiger charge is 2.40. The first-order valence-electron chi connectivity index (χ1n) is 8.97. The fourth-order valence-corrected chi connectivity index (χ4v) is 4.43. The van der Waals surface area contributed by atoms with E-state index < -0.39 is 19.5 Å². The summed E-state index contributed by atoms with van der Waals surface area (Å²) in [5.74, 6) is 0.753. The summed E-state index contributed by atoms with van der Waals surface area (Å²) in [5.41, 5.74) is -0.0220. The Labute approximate surface area is 164 Å². The Bertz CT molecular complexity index is 802. The normalized spacial score (nSPS) is 17.7. The van der Waals surface area contributed by atoms with Gasteiger partial charge in [0, 0.05) is 18.7 Å². The first-order valence-corrected chi connectivity index (χ1v) is 10.1. The third kappa shape index (κ3) is 4.97. The molecule has 2 aromatic carbocycles. The monoisotopic (exact) mass is 404 g/mol. The van der Waals surface area contributed by atoms with Crippen molar-refractivity contribution in [3.8, 4) is 11.5 Å². The fourth-order valence-electron chi connectivity index (χ4n) is 2.84. The first-order chi connectivity index (χ1) is 13.6. The lowest BCUT2D eigenvalue weighted by molar-refractivity contribution is -0.384. The van der Waals surface area contributed by atoms with E-state index in [2.05, 4.69) is 0 Å². The van der Waals surface area contributed by atoms with E-state index >= 15 is 0 Å². The zero-order valence-corrected chi connectivity index (χ0v) is 16.3. The van der Waals surface area contributed by atoms with Crippen molar-refractivity contribution in [3.63, 3.8) is 0 Å². The van der Waals surface area contributed by atoms with Crippen LogP contribution in [-0.4, -0.2) is 34.8 Å². The molecule has 0 amide bonds. The Balaban J connectivity index is 1.82. The molecular formula is C19H21N2O6P. The average molecular weight is 404 g/mol. The number of nitro groups is 1. The quantitative estimate of drug-likeness (QED) is 0.280. The molecule has 1 fully saturated rings. The van der Waals surface area contributed by atoms with Crippen LogP contribution in [0.2, 0.25) is 0 Å². The molecule has 1 aliphatic heterocycles. The molecule has 0 aliphatic carbocycles. The minimum atomic E-state index is -1.66. The third-order valence-electron chi connectivity index (χ3n) is 4.15. The van der Waals surface area contributed by atoms with Gasteiger partial charge >= 0.3 is 14.5 Å². The summed E-state index contributed by atoms with van der Waals surface area (Å²) in [6.07, 6.45) is 1.49. The van der Waals surface area contributed by atoms with E-state index in [1.807, 2.05) is 35.0 Å². The maximum absolute atomic E-state index is 12.3. The molecule has 1 saturated heterocycles. The summed E-state index contributed by atoms with van der Waals surface area (Å²) in [6.45, 7) is 2.71. The first kappa shape index (κ1) is 20.0. The van der Waals surface area contributed by atoms with Crippen LogP contribution in [0.5, 0.6) is 11.5 Å². The van der Waals surface area contributed by atoms with E-state index in [-0.39, 0.29) is 11.7 Å². The Hall–Kier alpha value is -2.70. The van der Waals surface area contributed by atoms with Gasteiger partial charge in [0.2, 0.25) is 0 Å². The number of nitrogens with zero attached hydrogens (tertiary/aromatic N) is 2. The number of esters is 1. The van der Waals surface area contributed by atoms with E-state index in [4.69, 9.17) is 13.8 Å². The van der Waals surface area contributed by atoms with Gasteiger partial charge in [0.25, 0.3) is 5.69 Å². The van der Waals surface area contributed by atoms with Crippen molar-refractivity contribution < 1.29 is 23.5 Å². The lowest BCUT2D eigenvalue weighted by Gasteiger charge is -2.29. The van der Waals surface area contributed by atoms with Gasteiger partial charge in [0.1, 0.15) is 17.5 Å². The molecule has 3 rings (SSSR count). The fraction of sp³-hybridized carbons (Fsp3) is 0.316. The van der Waals surface area contributed by atoms with Crippen LogP contribution in [0, 0.1) is 10.1 Å². The van der Waals surface area contributed by atoms with Crippen molar-refractivity contribution in [2.45, 2.75) is 25.8 Å². The SMILES string of the molecule is CCOC(=O)C1CCCN1P(Oc1ccccc1)Oc1ccc([N+](=O)[O-])cc1. The van der Waals surface area contributed by atoms with Gasteiger partial charge in [-0.3, -0.25) is 14.9 Å². The second-order valence-electron chi connectivity index (χ2n) is 6.06. The van der Waals surface area contributed by atoms with Crippen LogP contribution in [0.1, 0.15) is 19.8 Å². The Kier molecular flexibility index (Phi) is 6.79. The molecule has 0 aromatic heterocycles. The lowest BCUT2D eigenvalue weighted by Crippen LogP contribution is -2.35. The van der Waals surface area contributed by atoms with Gasteiger partial charge in [-0.15, -0.1) is 0 Å². The van der Waals surface area contributed by atoms with Gasteiger partial charge in [-0.1, -0.05) is 18.2 Å². The number of carbonyl (C=O) groups is 1. The van der Waals surface area contributed by atoms with Crippen LogP contribution in [-0.2, 0) is 9.53 Å². The number of benzene rings is 2. The molecule has 0 N–H and O–H groups in total. The molecule has 2 aromatic rings. The van der Waals surface area contributed by atoms with Crippen LogP contribution in [0.4, 0.5) is 5.69 Å². The molecule has 2 atom stereocenters. The smallest absolute Gasteiger partial charge is 0.385 e. The number of rotatable bonds is 8. The predicted octanol–water partition coefficient (Wildman–Crippen LogP) is 4.31. The second-order valence-corrected chi connectivity index (χ2v) is 7.41. The van der Waals surface area contributed by atoms with Gasteiger partial charge in [-0.2, -0.15) is 0 Å². The van der Waals surface area contributed by atoms with Crippen molar-refractivity contribution in [1.82, 2.24) is 4.67 Å². The number of nitro benzene ring substituents is 1. The second kappa shape index (κ2) is 9.48. The maximum atomic E-state index is 12.3. The molecule has 8 nitrogen and oxygen atoms in total. The largest absolute Gasteiger partial charge is 0.465 e. The number of ether oxygens (including phenoxy) is 1. The zero-order chi connectivity index (χ0) is 19.9. The molecule has 0 radical (unpaired) electrons. The molecule has 28 heavy (non-hydrogen) atoms. The summed E-state index contributed by atoms with van der Waals surface area (Å²) < 4.78 is 19.2.